The number of nitrogens with two attached hydrogens (primary N) is 1. The van der Waals surface area contributed by atoms with E-state index >= 15 is 0 Å². The molecule has 0 unspecified atom stereocenters. The molecule has 18 heavy (non-hydrogen) atoms. The second-order valence-electron chi connectivity index (χ2n) is 5.04. The first kappa shape index (κ1) is 17.4. The van der Waals surface area contributed by atoms with E-state index in [2.05, 4.69) is 13.8 Å². The molecule has 0 spiro atoms. The summed E-state index contributed by atoms with van der Waals surface area (Å²) in [6.45, 7) is 6.73. The van der Waals surface area contributed by atoms with Crippen molar-refractivity contribution in [3.8, 4) is 0 Å². The van der Waals surface area contributed by atoms with Crippen molar-refractivity contribution in [1.82, 2.24) is 4.90 Å². The lowest BCUT2D eigenvalue weighted by atomic mass is 10.1. The topological polar surface area (TPSA) is 46.3 Å². The Morgan fingerprint density at radius 2 is 1.56 bits per heavy atom. The van der Waals surface area contributed by atoms with E-state index in [-0.39, 0.29) is 0 Å². The van der Waals surface area contributed by atoms with Crippen LogP contribution in [-0.2, 0) is 4.79 Å². The molecule has 0 aromatic heterocycles. The molecule has 0 heterocycles. The third-order valence-electron chi connectivity index (χ3n) is 3.22. The Morgan fingerprint density at radius 3 is 2.17 bits per heavy atom. The fraction of sp³-hybridized carbons (Fsp3) is 0.933. The summed E-state index contributed by atoms with van der Waals surface area (Å²) in [5, 5.41) is 0. The Balaban J connectivity index is 3.67. The number of hydrogen-bond donors (Lipinski definition) is 1. The van der Waals surface area contributed by atoms with Crippen LogP contribution in [0.2, 0.25) is 0 Å². The molecule has 3 heteroatoms. The fourth-order valence-corrected chi connectivity index (χ4v) is 2.13. The highest BCUT2D eigenvalue weighted by Crippen LogP contribution is 2.09. The van der Waals surface area contributed by atoms with Crippen LogP contribution in [0.5, 0.6) is 0 Å². The summed E-state index contributed by atoms with van der Waals surface area (Å²) in [5.41, 5.74) is 5.50. The third-order valence-corrected chi connectivity index (χ3v) is 3.22. The lowest BCUT2D eigenvalue weighted by Crippen LogP contribution is -2.33. The molecule has 1 amide bonds. The molecule has 0 fully saturated rings. The lowest BCUT2D eigenvalue weighted by Gasteiger charge is -2.21. The molecule has 108 valence electrons. The average Bonchev–Trinajstić information content (AvgIpc) is 2.38. The van der Waals surface area contributed by atoms with Gasteiger partial charge in [0.2, 0.25) is 5.91 Å². The first-order valence-electron chi connectivity index (χ1n) is 7.74. The molecule has 0 aliphatic heterocycles. The predicted octanol–water partition coefficient (Wildman–Crippen LogP) is 3.32. The summed E-state index contributed by atoms with van der Waals surface area (Å²) >= 11 is 0. The quantitative estimate of drug-likeness (QED) is 0.544. The number of carbonyl (C=O) groups excluding carboxylic acids is 1. The van der Waals surface area contributed by atoms with Crippen LogP contribution in [0.3, 0.4) is 0 Å². The zero-order valence-corrected chi connectivity index (χ0v) is 12.4. The molecule has 0 aromatic rings. The molecular formula is C15H32N2O. The van der Waals surface area contributed by atoms with Gasteiger partial charge in [-0.1, -0.05) is 46.0 Å². The molecule has 0 aromatic carbocycles. The minimum Gasteiger partial charge on any atom is -0.343 e. The summed E-state index contributed by atoms with van der Waals surface area (Å²) in [6, 6.07) is 0. The highest BCUT2D eigenvalue weighted by Gasteiger charge is 2.11. The SMILES string of the molecule is CCCCCCCCC(=O)N(CCC)CCCN. The standard InChI is InChI=1S/C15H32N2O/c1-3-5-6-7-8-9-11-15(18)17(13-4-2)14-10-12-16/h3-14,16H2,1-2H3. The third kappa shape index (κ3) is 9.46. The van der Waals surface area contributed by atoms with Gasteiger partial charge in [0.1, 0.15) is 0 Å². The number of carbonyl (C=O) groups is 1. The Labute approximate surface area is 113 Å². The Bertz CT molecular complexity index is 195. The van der Waals surface area contributed by atoms with E-state index in [1.165, 1.54) is 32.1 Å². The minimum absolute atomic E-state index is 0.320. The van der Waals surface area contributed by atoms with Crippen molar-refractivity contribution in [1.29, 1.82) is 0 Å². The smallest absolute Gasteiger partial charge is 0.222 e. The minimum atomic E-state index is 0.320. The zero-order chi connectivity index (χ0) is 13.6. The molecule has 0 saturated carbocycles. The molecule has 0 aliphatic rings. The maximum Gasteiger partial charge on any atom is 0.222 e. The van der Waals surface area contributed by atoms with Crippen molar-refractivity contribution in [3.05, 3.63) is 0 Å². The van der Waals surface area contributed by atoms with Crippen LogP contribution in [0.4, 0.5) is 0 Å². The van der Waals surface area contributed by atoms with E-state index in [9.17, 15) is 4.79 Å². The van der Waals surface area contributed by atoms with Crippen LogP contribution in [0.15, 0.2) is 0 Å². The number of hydrogen-bond acceptors (Lipinski definition) is 2. The maximum absolute atomic E-state index is 12.0. The van der Waals surface area contributed by atoms with Crippen LogP contribution in [0.25, 0.3) is 0 Å². The predicted molar refractivity (Wildman–Crippen MR) is 78.5 cm³/mol. The first-order valence-corrected chi connectivity index (χ1v) is 7.74. The van der Waals surface area contributed by atoms with Gasteiger partial charge in [-0.25, -0.2) is 0 Å². The monoisotopic (exact) mass is 256 g/mol. The van der Waals surface area contributed by atoms with Crippen molar-refractivity contribution in [2.45, 2.75) is 71.6 Å². The average molecular weight is 256 g/mol. The number of rotatable bonds is 12. The number of nitrogens with zero attached hydrogens (tertiary/aromatic N) is 1. The first-order chi connectivity index (χ1) is 8.76. The molecule has 2 N–H and O–H groups in total. The summed E-state index contributed by atoms with van der Waals surface area (Å²) in [4.78, 5) is 14.0. The highest BCUT2D eigenvalue weighted by molar-refractivity contribution is 5.76. The van der Waals surface area contributed by atoms with E-state index < -0.39 is 0 Å². The van der Waals surface area contributed by atoms with Gasteiger partial charge in [0, 0.05) is 19.5 Å². The maximum atomic E-state index is 12.0. The van der Waals surface area contributed by atoms with Crippen LogP contribution in [0.1, 0.15) is 71.6 Å². The number of unbranched alkanes of at least 4 members (excludes halogenated alkanes) is 5. The van der Waals surface area contributed by atoms with E-state index in [1.807, 2.05) is 4.90 Å². The van der Waals surface area contributed by atoms with E-state index in [1.54, 1.807) is 0 Å². The summed E-state index contributed by atoms with van der Waals surface area (Å²) in [7, 11) is 0. The molecule has 0 aliphatic carbocycles. The van der Waals surface area contributed by atoms with Crippen LogP contribution >= 0.6 is 0 Å². The molecular weight excluding hydrogens is 224 g/mol. The van der Waals surface area contributed by atoms with Crippen LogP contribution < -0.4 is 5.73 Å². The highest BCUT2D eigenvalue weighted by atomic mass is 16.2. The van der Waals surface area contributed by atoms with Gasteiger partial charge in [0.25, 0.3) is 0 Å². The van der Waals surface area contributed by atoms with E-state index in [0.717, 1.165) is 38.8 Å². The molecule has 0 radical (unpaired) electrons. The fourth-order valence-electron chi connectivity index (χ4n) is 2.13. The summed E-state index contributed by atoms with van der Waals surface area (Å²) in [6.07, 6.45) is 10.1. The Morgan fingerprint density at radius 1 is 0.889 bits per heavy atom. The van der Waals surface area contributed by atoms with Crippen molar-refractivity contribution in [3.63, 3.8) is 0 Å². The van der Waals surface area contributed by atoms with Crippen molar-refractivity contribution in [2.24, 2.45) is 5.73 Å². The van der Waals surface area contributed by atoms with E-state index in [0.29, 0.717) is 12.5 Å². The lowest BCUT2D eigenvalue weighted by molar-refractivity contribution is -0.131. The van der Waals surface area contributed by atoms with Gasteiger partial charge in [0.05, 0.1) is 0 Å². The van der Waals surface area contributed by atoms with Gasteiger partial charge in [-0.2, -0.15) is 0 Å². The van der Waals surface area contributed by atoms with Crippen molar-refractivity contribution in [2.75, 3.05) is 19.6 Å². The zero-order valence-electron chi connectivity index (χ0n) is 12.4. The second-order valence-corrected chi connectivity index (χ2v) is 5.04. The Hall–Kier alpha value is -0.570. The largest absolute Gasteiger partial charge is 0.343 e. The van der Waals surface area contributed by atoms with Gasteiger partial charge in [-0.05, 0) is 25.8 Å². The second kappa shape index (κ2) is 12.9. The van der Waals surface area contributed by atoms with Crippen molar-refractivity contribution >= 4 is 5.91 Å². The molecule has 0 saturated heterocycles. The van der Waals surface area contributed by atoms with Gasteiger partial charge in [-0.15, -0.1) is 0 Å². The Kier molecular flexibility index (Phi) is 12.5. The molecule has 0 atom stereocenters. The normalized spacial score (nSPS) is 10.6. The molecule has 0 bridgehead atoms. The van der Waals surface area contributed by atoms with Gasteiger partial charge in [-0.3, -0.25) is 4.79 Å². The van der Waals surface area contributed by atoms with Crippen LogP contribution in [0, 0.1) is 0 Å². The number of amides is 1. The van der Waals surface area contributed by atoms with Crippen LogP contribution in [-0.4, -0.2) is 30.4 Å². The van der Waals surface area contributed by atoms with Gasteiger partial charge in [0.15, 0.2) is 0 Å². The molecule has 3 nitrogen and oxygen atoms in total. The van der Waals surface area contributed by atoms with Gasteiger partial charge >= 0.3 is 0 Å². The summed E-state index contributed by atoms with van der Waals surface area (Å²) in [5.74, 6) is 0.320. The summed E-state index contributed by atoms with van der Waals surface area (Å²) < 4.78 is 0. The molecule has 0 rings (SSSR count). The van der Waals surface area contributed by atoms with Crippen molar-refractivity contribution < 1.29 is 4.79 Å². The van der Waals surface area contributed by atoms with E-state index in [4.69, 9.17) is 5.73 Å². The van der Waals surface area contributed by atoms with Gasteiger partial charge < -0.3 is 10.6 Å².